The Kier molecular flexibility index (Phi) is 9.31. The molecule has 0 N–H and O–H groups in total. The van der Waals surface area contributed by atoms with E-state index in [1.165, 1.54) is 18.4 Å². The van der Waals surface area contributed by atoms with Crippen molar-refractivity contribution in [2.24, 2.45) is 16.3 Å². The van der Waals surface area contributed by atoms with Crippen molar-refractivity contribution in [3.63, 3.8) is 0 Å². The van der Waals surface area contributed by atoms with Crippen molar-refractivity contribution in [3.8, 4) is 11.8 Å². The molecule has 0 aromatic heterocycles. The molecule has 47 heavy (non-hydrogen) atoms. The van der Waals surface area contributed by atoms with E-state index >= 15 is 4.79 Å². The van der Waals surface area contributed by atoms with Gasteiger partial charge in [0.1, 0.15) is 6.10 Å². The van der Waals surface area contributed by atoms with Crippen LogP contribution in [0.5, 0.6) is 0 Å². The van der Waals surface area contributed by atoms with E-state index < -0.39 is 5.54 Å². The van der Waals surface area contributed by atoms with Crippen molar-refractivity contribution in [2.45, 2.75) is 68.8 Å². The van der Waals surface area contributed by atoms with Crippen LogP contribution in [0.3, 0.4) is 0 Å². The van der Waals surface area contributed by atoms with Gasteiger partial charge in [0.2, 0.25) is 0 Å². The van der Waals surface area contributed by atoms with E-state index in [2.05, 4.69) is 54.3 Å². The average Bonchev–Trinajstić information content (AvgIpc) is 3.86. The lowest BCUT2D eigenvalue weighted by Gasteiger charge is -2.45. The molecular weight excluding hydrogens is 605 g/mol. The molecular formula is C40H44N2O4S. The Bertz CT molecular complexity index is 1670. The van der Waals surface area contributed by atoms with Gasteiger partial charge in [-0.15, -0.1) is 0 Å². The number of hydrogen-bond donors (Lipinski definition) is 0. The molecule has 1 heterocycles. The van der Waals surface area contributed by atoms with Gasteiger partial charge < -0.3 is 14.2 Å². The largest absolute Gasteiger partial charge is 0.381 e. The standard InChI is InChI=1S/C40H44N2O4S/c1-44-33-20-22-39(23-21-33)25-32-19-18-29(17-16-28-14-15-28)24-34(32)40(39)37(43)42(26-35(45-2)30-10-6-4-7-11-30)38(41-40)47-27-36(46-3)31-12-8-5-9-13-31/h4-13,18-19,24,28,33,35-36H,14-15,20-23,25-27H2,1-3H3/t33?,35-,36+,39?,40?/m0/s1. The molecule has 3 atom stereocenters. The molecule has 0 saturated heterocycles. The van der Waals surface area contributed by atoms with Crippen LogP contribution in [0.1, 0.15) is 78.6 Å². The second kappa shape index (κ2) is 13.6. The predicted octanol–water partition coefficient (Wildman–Crippen LogP) is 7.48. The first-order valence-corrected chi connectivity index (χ1v) is 17.9. The highest BCUT2D eigenvalue weighted by Gasteiger charge is 2.67. The summed E-state index contributed by atoms with van der Waals surface area (Å²) in [7, 11) is 5.27. The molecule has 0 radical (unpaired) electrons. The molecule has 7 heteroatoms. The summed E-state index contributed by atoms with van der Waals surface area (Å²) in [5.74, 6) is 8.04. The number of hydrogen-bond acceptors (Lipinski definition) is 6. The van der Waals surface area contributed by atoms with Crippen molar-refractivity contribution < 1.29 is 19.0 Å². The van der Waals surface area contributed by atoms with Crippen LogP contribution in [-0.2, 0) is 31.0 Å². The monoisotopic (exact) mass is 648 g/mol. The molecule has 2 spiro atoms. The molecule has 1 amide bonds. The molecule has 3 aromatic carbocycles. The number of fused-ring (bicyclic) bond motifs is 3. The minimum absolute atomic E-state index is 0.0496. The number of benzene rings is 3. The smallest absolute Gasteiger partial charge is 0.261 e. The molecule has 3 aliphatic carbocycles. The fraction of sp³-hybridized carbons (Fsp3) is 0.450. The molecule has 4 aliphatic rings. The average molecular weight is 649 g/mol. The summed E-state index contributed by atoms with van der Waals surface area (Å²) in [4.78, 5) is 23.0. The first-order valence-electron chi connectivity index (χ1n) is 16.9. The summed E-state index contributed by atoms with van der Waals surface area (Å²) < 4.78 is 17.9. The Morgan fingerprint density at radius 3 is 2.17 bits per heavy atom. The van der Waals surface area contributed by atoms with Gasteiger partial charge in [-0.3, -0.25) is 9.69 Å². The van der Waals surface area contributed by atoms with Gasteiger partial charge in [-0.2, -0.15) is 0 Å². The maximum atomic E-state index is 15.4. The van der Waals surface area contributed by atoms with Crippen molar-refractivity contribution in [3.05, 3.63) is 107 Å². The molecule has 2 saturated carbocycles. The molecule has 1 unspecified atom stereocenters. The van der Waals surface area contributed by atoms with E-state index in [1.54, 1.807) is 33.1 Å². The Hall–Kier alpha value is -3.41. The molecule has 6 nitrogen and oxygen atoms in total. The van der Waals surface area contributed by atoms with Crippen molar-refractivity contribution >= 4 is 22.8 Å². The summed E-state index contributed by atoms with van der Waals surface area (Å²) in [6.07, 6.45) is 6.52. The SMILES string of the molecule is COC1CCC2(CC1)Cc1ccc(C#CC3CC3)cc1C21N=C(SC[C@@H](OC)c2ccccc2)N(C[C@H](OC)c2ccccc2)C1=O. The van der Waals surface area contributed by atoms with Gasteiger partial charge in [0.25, 0.3) is 5.91 Å². The fourth-order valence-electron chi connectivity index (χ4n) is 7.85. The second-order valence-electron chi connectivity index (χ2n) is 13.4. The topological polar surface area (TPSA) is 60.4 Å². The maximum Gasteiger partial charge on any atom is 0.261 e. The van der Waals surface area contributed by atoms with E-state index in [4.69, 9.17) is 19.2 Å². The highest BCUT2D eigenvalue weighted by Crippen LogP contribution is 2.62. The number of thioether (sulfide) groups is 1. The fourth-order valence-corrected chi connectivity index (χ4v) is 8.99. The molecule has 0 bridgehead atoms. The zero-order chi connectivity index (χ0) is 32.4. The number of carbonyl (C=O) groups is 1. The lowest BCUT2D eigenvalue weighted by atomic mass is 9.61. The number of aliphatic imine (C=N–C) groups is 1. The van der Waals surface area contributed by atoms with Crippen LogP contribution in [0, 0.1) is 23.2 Å². The zero-order valence-electron chi connectivity index (χ0n) is 27.6. The Morgan fingerprint density at radius 1 is 0.894 bits per heavy atom. The Balaban J connectivity index is 1.32. The second-order valence-corrected chi connectivity index (χ2v) is 14.4. The zero-order valence-corrected chi connectivity index (χ0v) is 28.4. The molecule has 244 valence electrons. The third-order valence-electron chi connectivity index (χ3n) is 10.7. The first kappa shape index (κ1) is 32.2. The Labute approximate surface area is 283 Å². The van der Waals surface area contributed by atoms with E-state index in [9.17, 15) is 0 Å². The van der Waals surface area contributed by atoms with Gasteiger partial charge in [0.05, 0.1) is 18.8 Å². The number of carbonyl (C=O) groups excluding carboxylic acids is 1. The van der Waals surface area contributed by atoms with Crippen LogP contribution in [0.25, 0.3) is 0 Å². The van der Waals surface area contributed by atoms with Gasteiger partial charge in [-0.1, -0.05) is 90.3 Å². The Morgan fingerprint density at radius 2 is 1.55 bits per heavy atom. The summed E-state index contributed by atoms with van der Waals surface area (Å²) in [5, 5.41) is 0.738. The van der Waals surface area contributed by atoms with E-state index in [1.807, 2.05) is 41.3 Å². The van der Waals surface area contributed by atoms with Crippen LogP contribution in [0.2, 0.25) is 0 Å². The normalized spacial score (nSPS) is 26.2. The summed E-state index contributed by atoms with van der Waals surface area (Å²) in [5.41, 5.74) is 3.99. The minimum Gasteiger partial charge on any atom is -0.381 e. The summed E-state index contributed by atoms with van der Waals surface area (Å²) in [6, 6.07) is 27.0. The number of nitrogens with zero attached hydrogens (tertiary/aromatic N) is 2. The highest BCUT2D eigenvalue weighted by atomic mass is 32.2. The number of methoxy groups -OCH3 is 3. The van der Waals surface area contributed by atoms with E-state index in [0.29, 0.717) is 18.2 Å². The minimum atomic E-state index is -1.02. The van der Waals surface area contributed by atoms with Gasteiger partial charge in [0, 0.05) is 44.0 Å². The lowest BCUT2D eigenvalue weighted by molar-refractivity contribution is -0.139. The maximum absolute atomic E-state index is 15.4. The first-order chi connectivity index (χ1) is 23.0. The van der Waals surface area contributed by atoms with E-state index in [-0.39, 0.29) is 29.6 Å². The summed E-state index contributed by atoms with van der Waals surface area (Å²) >= 11 is 1.61. The van der Waals surface area contributed by atoms with Crippen LogP contribution >= 0.6 is 11.8 Å². The highest BCUT2D eigenvalue weighted by molar-refractivity contribution is 8.13. The van der Waals surface area contributed by atoms with E-state index in [0.717, 1.165) is 59.5 Å². The van der Waals surface area contributed by atoms with Gasteiger partial charge in [-0.25, -0.2) is 4.99 Å². The number of ether oxygens (including phenoxy) is 3. The number of amidine groups is 1. The third-order valence-corrected chi connectivity index (χ3v) is 11.7. The van der Waals surface area contributed by atoms with Gasteiger partial charge in [-0.05, 0) is 79.3 Å². The van der Waals surface area contributed by atoms with Gasteiger partial charge in [0.15, 0.2) is 10.7 Å². The third kappa shape index (κ3) is 6.06. The quantitative estimate of drug-likeness (QED) is 0.225. The van der Waals surface area contributed by atoms with Gasteiger partial charge >= 0.3 is 0 Å². The number of rotatable bonds is 9. The van der Waals surface area contributed by atoms with Crippen LogP contribution in [0.15, 0.2) is 83.9 Å². The number of amides is 1. The van der Waals surface area contributed by atoms with Crippen LogP contribution < -0.4 is 0 Å². The van der Waals surface area contributed by atoms with Crippen LogP contribution in [0.4, 0.5) is 0 Å². The molecule has 7 rings (SSSR count). The van der Waals surface area contributed by atoms with Crippen molar-refractivity contribution in [1.82, 2.24) is 4.90 Å². The molecule has 2 fully saturated rings. The summed E-state index contributed by atoms with van der Waals surface area (Å²) in [6.45, 7) is 0.378. The predicted molar refractivity (Wildman–Crippen MR) is 187 cm³/mol. The molecule has 1 aliphatic heterocycles. The molecule has 3 aromatic rings. The van der Waals surface area contributed by atoms with Crippen molar-refractivity contribution in [1.29, 1.82) is 0 Å². The lowest BCUT2D eigenvalue weighted by Crippen LogP contribution is -2.52. The van der Waals surface area contributed by atoms with Crippen molar-refractivity contribution in [2.75, 3.05) is 33.6 Å². The van der Waals surface area contributed by atoms with Crippen LogP contribution in [-0.4, -0.2) is 55.7 Å².